The van der Waals surface area contributed by atoms with E-state index in [9.17, 15) is 9.59 Å². The molecule has 0 spiro atoms. The highest BCUT2D eigenvalue weighted by Gasteiger charge is 2.22. The average Bonchev–Trinajstić information content (AvgIpc) is 3.07. The summed E-state index contributed by atoms with van der Waals surface area (Å²) in [5, 5.41) is 14.0. The number of furan rings is 1. The third-order valence-electron chi connectivity index (χ3n) is 3.06. The summed E-state index contributed by atoms with van der Waals surface area (Å²) in [5.41, 5.74) is 0.923. The lowest BCUT2D eigenvalue weighted by Crippen LogP contribution is -2.48. The summed E-state index contributed by atoms with van der Waals surface area (Å²) in [6.45, 7) is -0.0172. The van der Waals surface area contributed by atoms with E-state index in [-0.39, 0.29) is 24.8 Å². The molecule has 2 aromatic rings. The van der Waals surface area contributed by atoms with Crippen molar-refractivity contribution in [3.05, 3.63) is 60.1 Å². The molecule has 6 nitrogen and oxygen atoms in total. The molecule has 0 unspecified atom stereocenters. The maximum absolute atomic E-state index is 12.1. The molecule has 0 saturated carbocycles. The van der Waals surface area contributed by atoms with Crippen molar-refractivity contribution in [2.75, 3.05) is 13.2 Å². The first-order valence-electron chi connectivity index (χ1n) is 6.97. The van der Waals surface area contributed by atoms with Crippen LogP contribution in [0.5, 0.6) is 0 Å². The van der Waals surface area contributed by atoms with Crippen molar-refractivity contribution in [3.8, 4) is 0 Å². The average molecular weight is 302 g/mol. The van der Waals surface area contributed by atoms with Gasteiger partial charge in [0.2, 0.25) is 5.91 Å². The molecule has 2 amide bonds. The molecule has 116 valence electrons. The van der Waals surface area contributed by atoms with Crippen LogP contribution in [-0.2, 0) is 11.2 Å². The predicted molar refractivity (Wildman–Crippen MR) is 80.2 cm³/mol. The van der Waals surface area contributed by atoms with Gasteiger partial charge in [-0.05, 0) is 17.7 Å². The largest absolute Gasteiger partial charge is 0.459 e. The maximum Gasteiger partial charge on any atom is 0.287 e. The number of aliphatic hydroxyl groups excluding tert-OH is 1. The lowest BCUT2D eigenvalue weighted by molar-refractivity contribution is -0.123. The molecule has 2 rings (SSSR count). The van der Waals surface area contributed by atoms with E-state index < -0.39 is 11.9 Å². The second-order valence-electron chi connectivity index (χ2n) is 4.71. The predicted octanol–water partition coefficient (Wildman–Crippen LogP) is 0.729. The number of aliphatic hydroxyl groups is 1. The zero-order valence-electron chi connectivity index (χ0n) is 12.0. The first kappa shape index (κ1) is 15.8. The quantitative estimate of drug-likeness (QED) is 0.703. The Labute approximate surface area is 128 Å². The Morgan fingerprint density at radius 3 is 2.55 bits per heavy atom. The fourth-order valence-corrected chi connectivity index (χ4v) is 2.00. The number of carbonyl (C=O) groups is 2. The molecule has 0 fully saturated rings. The number of benzene rings is 1. The monoisotopic (exact) mass is 302 g/mol. The van der Waals surface area contributed by atoms with Crippen molar-refractivity contribution < 1.29 is 19.1 Å². The van der Waals surface area contributed by atoms with E-state index in [1.807, 2.05) is 30.3 Å². The van der Waals surface area contributed by atoms with E-state index in [0.717, 1.165) is 5.56 Å². The molecule has 6 heteroatoms. The van der Waals surface area contributed by atoms with Gasteiger partial charge in [0.1, 0.15) is 6.04 Å². The summed E-state index contributed by atoms with van der Waals surface area (Å²) in [6, 6.07) is 11.8. The van der Waals surface area contributed by atoms with Crippen molar-refractivity contribution >= 4 is 11.8 Å². The van der Waals surface area contributed by atoms with Crippen LogP contribution in [0.25, 0.3) is 0 Å². The first-order valence-corrected chi connectivity index (χ1v) is 6.97. The van der Waals surface area contributed by atoms with Gasteiger partial charge < -0.3 is 20.2 Å². The Hall–Kier alpha value is -2.60. The van der Waals surface area contributed by atoms with Crippen LogP contribution in [-0.4, -0.2) is 36.1 Å². The minimum atomic E-state index is -0.744. The Morgan fingerprint density at radius 2 is 1.91 bits per heavy atom. The molecular weight excluding hydrogens is 284 g/mol. The van der Waals surface area contributed by atoms with Gasteiger partial charge in [-0.3, -0.25) is 9.59 Å². The molecule has 1 aromatic carbocycles. The molecule has 1 aromatic heterocycles. The SMILES string of the molecule is O=C(N[C@H](Cc1ccccc1)C(=O)NCCO)c1ccco1. The Bertz CT molecular complexity index is 596. The number of carbonyl (C=O) groups excluding carboxylic acids is 2. The molecule has 0 radical (unpaired) electrons. The Kier molecular flexibility index (Phi) is 5.73. The number of nitrogens with one attached hydrogen (secondary N) is 2. The molecule has 1 atom stereocenters. The third-order valence-corrected chi connectivity index (χ3v) is 3.06. The van der Waals surface area contributed by atoms with Crippen LogP contribution >= 0.6 is 0 Å². The van der Waals surface area contributed by atoms with Crippen LogP contribution in [0.2, 0.25) is 0 Å². The lowest BCUT2D eigenvalue weighted by atomic mass is 10.1. The van der Waals surface area contributed by atoms with Crippen LogP contribution in [0.3, 0.4) is 0 Å². The van der Waals surface area contributed by atoms with Crippen LogP contribution in [0, 0.1) is 0 Å². The summed E-state index contributed by atoms with van der Waals surface area (Å²) < 4.78 is 5.02. The molecule has 0 aliphatic carbocycles. The van der Waals surface area contributed by atoms with Crippen LogP contribution in [0.4, 0.5) is 0 Å². The smallest absolute Gasteiger partial charge is 0.287 e. The normalized spacial score (nSPS) is 11.7. The standard InChI is InChI=1S/C16H18N2O4/c19-9-8-17-15(20)13(11-12-5-2-1-3-6-12)18-16(21)14-7-4-10-22-14/h1-7,10,13,19H,8-9,11H2,(H,17,20)(H,18,21)/t13-/m1/s1. The highest BCUT2D eigenvalue weighted by molar-refractivity contribution is 5.95. The first-order chi connectivity index (χ1) is 10.7. The van der Waals surface area contributed by atoms with Crippen molar-refractivity contribution in [3.63, 3.8) is 0 Å². The Morgan fingerprint density at radius 1 is 1.14 bits per heavy atom. The number of hydrogen-bond acceptors (Lipinski definition) is 4. The summed E-state index contributed by atoms with van der Waals surface area (Å²) in [4.78, 5) is 24.2. The summed E-state index contributed by atoms with van der Waals surface area (Å²) in [7, 11) is 0. The second kappa shape index (κ2) is 7.99. The topological polar surface area (TPSA) is 91.6 Å². The highest BCUT2D eigenvalue weighted by Crippen LogP contribution is 2.06. The van der Waals surface area contributed by atoms with Crippen molar-refractivity contribution in [1.29, 1.82) is 0 Å². The van der Waals surface area contributed by atoms with Gasteiger partial charge >= 0.3 is 0 Å². The molecule has 0 bridgehead atoms. The van der Waals surface area contributed by atoms with Gasteiger partial charge in [0.05, 0.1) is 12.9 Å². The van der Waals surface area contributed by atoms with Crippen molar-refractivity contribution in [2.24, 2.45) is 0 Å². The minimum Gasteiger partial charge on any atom is -0.459 e. The van der Waals surface area contributed by atoms with Crippen molar-refractivity contribution in [1.82, 2.24) is 10.6 Å². The van der Waals surface area contributed by atoms with Crippen molar-refractivity contribution in [2.45, 2.75) is 12.5 Å². The molecular formula is C16H18N2O4. The maximum atomic E-state index is 12.1. The van der Waals surface area contributed by atoms with Gasteiger partial charge in [-0.1, -0.05) is 30.3 Å². The fraction of sp³-hybridized carbons (Fsp3) is 0.250. The highest BCUT2D eigenvalue weighted by atomic mass is 16.3. The zero-order chi connectivity index (χ0) is 15.8. The van der Waals surface area contributed by atoms with E-state index in [1.54, 1.807) is 6.07 Å². The molecule has 3 N–H and O–H groups in total. The molecule has 22 heavy (non-hydrogen) atoms. The van der Waals surface area contributed by atoms with E-state index in [1.165, 1.54) is 12.3 Å². The van der Waals surface area contributed by atoms with E-state index in [2.05, 4.69) is 10.6 Å². The molecule has 1 heterocycles. The van der Waals surface area contributed by atoms with Gasteiger partial charge in [-0.15, -0.1) is 0 Å². The molecule has 0 saturated heterocycles. The summed E-state index contributed by atoms with van der Waals surface area (Å²) >= 11 is 0. The van der Waals surface area contributed by atoms with Gasteiger partial charge in [0.15, 0.2) is 5.76 Å². The second-order valence-corrected chi connectivity index (χ2v) is 4.71. The number of amides is 2. The lowest BCUT2D eigenvalue weighted by Gasteiger charge is -2.17. The number of hydrogen-bond donors (Lipinski definition) is 3. The summed E-state index contributed by atoms with van der Waals surface area (Å²) in [5.74, 6) is -0.657. The van der Waals surface area contributed by atoms with Gasteiger partial charge in [-0.2, -0.15) is 0 Å². The van der Waals surface area contributed by atoms with Crippen LogP contribution < -0.4 is 10.6 Å². The van der Waals surface area contributed by atoms with E-state index in [4.69, 9.17) is 9.52 Å². The van der Waals surface area contributed by atoms with Crippen LogP contribution in [0.1, 0.15) is 16.1 Å². The molecule has 0 aliphatic rings. The van der Waals surface area contributed by atoms with E-state index >= 15 is 0 Å². The molecule has 0 aliphatic heterocycles. The minimum absolute atomic E-state index is 0.140. The van der Waals surface area contributed by atoms with Gasteiger partial charge in [0, 0.05) is 13.0 Å². The fourth-order valence-electron chi connectivity index (χ4n) is 2.00. The third kappa shape index (κ3) is 4.46. The van der Waals surface area contributed by atoms with Gasteiger partial charge in [0.25, 0.3) is 5.91 Å². The number of rotatable bonds is 7. The van der Waals surface area contributed by atoms with Crippen LogP contribution in [0.15, 0.2) is 53.1 Å². The van der Waals surface area contributed by atoms with E-state index in [0.29, 0.717) is 6.42 Å². The Balaban J connectivity index is 2.07. The summed E-state index contributed by atoms with van der Waals surface area (Å²) in [6.07, 6.45) is 1.75. The zero-order valence-corrected chi connectivity index (χ0v) is 12.0. The van der Waals surface area contributed by atoms with Gasteiger partial charge in [-0.25, -0.2) is 0 Å².